The van der Waals surface area contributed by atoms with Crippen molar-refractivity contribution in [3.63, 3.8) is 0 Å². The fraction of sp³-hybridized carbons (Fsp3) is 0.438. The van der Waals surface area contributed by atoms with E-state index in [1.807, 2.05) is 0 Å². The Hall–Kier alpha value is -2.57. The number of rotatable bonds is 5. The van der Waals surface area contributed by atoms with Crippen molar-refractivity contribution in [3.05, 3.63) is 23.8 Å². The van der Waals surface area contributed by atoms with Gasteiger partial charge in [0, 0.05) is 19.9 Å². The molecule has 7 heteroatoms. The third kappa shape index (κ3) is 3.61. The van der Waals surface area contributed by atoms with Gasteiger partial charge >= 0.3 is 11.9 Å². The molecule has 1 heterocycles. The van der Waals surface area contributed by atoms with E-state index in [0.29, 0.717) is 17.1 Å². The van der Waals surface area contributed by atoms with Gasteiger partial charge in [-0.05, 0) is 12.1 Å². The topological polar surface area (TPSA) is 88.1 Å². The Balaban J connectivity index is 2.32. The highest BCUT2D eigenvalue weighted by Crippen LogP contribution is 2.37. The van der Waals surface area contributed by atoms with E-state index in [9.17, 15) is 14.4 Å². The average molecular weight is 322 g/mol. The van der Waals surface area contributed by atoms with Crippen molar-refractivity contribution in [2.24, 2.45) is 5.41 Å². The van der Waals surface area contributed by atoms with Crippen molar-refractivity contribution >= 4 is 17.7 Å². The Labute approximate surface area is 133 Å². The summed E-state index contributed by atoms with van der Waals surface area (Å²) in [5, 5.41) is 0. The largest absolute Gasteiger partial charge is 0.497 e. The highest BCUT2D eigenvalue weighted by atomic mass is 16.6. The minimum Gasteiger partial charge on any atom is -0.497 e. The fourth-order valence-electron chi connectivity index (χ4n) is 2.24. The molecule has 124 valence electrons. The molecule has 1 aliphatic heterocycles. The first-order valence-electron chi connectivity index (χ1n) is 7.00. The van der Waals surface area contributed by atoms with Crippen molar-refractivity contribution < 1.29 is 33.3 Å². The molecule has 23 heavy (non-hydrogen) atoms. The van der Waals surface area contributed by atoms with Gasteiger partial charge in [0.15, 0.2) is 5.78 Å². The van der Waals surface area contributed by atoms with E-state index < -0.39 is 17.4 Å². The average Bonchev–Trinajstić information content (AvgIpc) is 2.53. The lowest BCUT2D eigenvalue weighted by molar-refractivity contribution is -0.150. The molecule has 1 aromatic carbocycles. The molecule has 0 radical (unpaired) electrons. The molecule has 0 fully saturated rings. The lowest BCUT2D eigenvalue weighted by Gasteiger charge is -2.35. The number of carbonyl (C=O) groups excluding carboxylic acids is 3. The van der Waals surface area contributed by atoms with Gasteiger partial charge in [0.1, 0.15) is 36.7 Å². The Morgan fingerprint density at radius 3 is 2.30 bits per heavy atom. The summed E-state index contributed by atoms with van der Waals surface area (Å²) >= 11 is 0. The van der Waals surface area contributed by atoms with Crippen molar-refractivity contribution in [2.45, 2.75) is 13.8 Å². The van der Waals surface area contributed by atoms with Crippen molar-refractivity contribution in [3.8, 4) is 11.5 Å². The zero-order valence-electron chi connectivity index (χ0n) is 13.2. The van der Waals surface area contributed by atoms with E-state index in [2.05, 4.69) is 0 Å². The summed E-state index contributed by atoms with van der Waals surface area (Å²) < 4.78 is 20.7. The first-order chi connectivity index (χ1) is 10.9. The van der Waals surface area contributed by atoms with Crippen LogP contribution in [0.15, 0.2) is 18.2 Å². The number of Topliss-reactive ketones (excluding diaryl/α,β-unsaturated/α-hetero) is 1. The Morgan fingerprint density at radius 1 is 1.17 bits per heavy atom. The number of esters is 2. The van der Waals surface area contributed by atoms with Gasteiger partial charge in [-0.3, -0.25) is 14.4 Å². The van der Waals surface area contributed by atoms with Crippen LogP contribution in [0.2, 0.25) is 0 Å². The molecular formula is C16H18O7. The second-order valence-electron chi connectivity index (χ2n) is 5.32. The van der Waals surface area contributed by atoms with E-state index in [-0.39, 0.29) is 25.6 Å². The molecule has 1 aromatic rings. The smallest absolute Gasteiger partial charge is 0.302 e. The first kappa shape index (κ1) is 16.8. The van der Waals surface area contributed by atoms with E-state index in [0.717, 1.165) is 0 Å². The Kier molecular flexibility index (Phi) is 4.88. The van der Waals surface area contributed by atoms with Crippen molar-refractivity contribution in [1.82, 2.24) is 0 Å². The minimum absolute atomic E-state index is 0.0629. The van der Waals surface area contributed by atoms with Gasteiger partial charge in [-0.15, -0.1) is 0 Å². The SMILES string of the molecule is COc1ccc2c(c1)OCC(COC(C)=O)(COC(C)=O)C2=O. The maximum absolute atomic E-state index is 12.9. The predicted octanol–water partition coefficient (Wildman–Crippen LogP) is 1.38. The number of carbonyl (C=O) groups is 3. The molecule has 0 N–H and O–H groups in total. The predicted molar refractivity (Wildman–Crippen MR) is 78.5 cm³/mol. The number of hydrogen-bond donors (Lipinski definition) is 0. The summed E-state index contributed by atoms with van der Waals surface area (Å²) in [5.74, 6) is -0.412. The van der Waals surface area contributed by atoms with Crippen molar-refractivity contribution in [1.29, 1.82) is 0 Å². The molecule has 0 bridgehead atoms. The van der Waals surface area contributed by atoms with Crippen LogP contribution < -0.4 is 9.47 Å². The van der Waals surface area contributed by atoms with Gasteiger partial charge in [-0.2, -0.15) is 0 Å². The number of hydrogen-bond acceptors (Lipinski definition) is 7. The summed E-state index contributed by atoms with van der Waals surface area (Å²) in [6.07, 6.45) is 0. The molecule has 0 aliphatic carbocycles. The standard InChI is InChI=1S/C16H18O7/c1-10(17)21-7-16(8-22-11(2)18)9-23-14-6-12(20-3)4-5-13(14)15(16)19/h4-6H,7-9H2,1-3H3. The highest BCUT2D eigenvalue weighted by molar-refractivity contribution is 6.04. The summed E-state index contributed by atoms with van der Waals surface area (Å²) in [5.41, 5.74) is -0.921. The molecule has 2 rings (SSSR count). The summed E-state index contributed by atoms with van der Waals surface area (Å²) in [4.78, 5) is 35.1. The maximum atomic E-state index is 12.9. The van der Waals surface area contributed by atoms with Crippen LogP contribution in [0.4, 0.5) is 0 Å². The molecule has 0 saturated heterocycles. The number of methoxy groups -OCH3 is 1. The van der Waals surface area contributed by atoms with Gasteiger partial charge in [0.25, 0.3) is 0 Å². The van der Waals surface area contributed by atoms with Crippen LogP contribution in [-0.4, -0.2) is 44.7 Å². The van der Waals surface area contributed by atoms with Crippen LogP contribution in [0.1, 0.15) is 24.2 Å². The lowest BCUT2D eigenvalue weighted by Crippen LogP contribution is -2.48. The molecule has 0 spiro atoms. The first-order valence-corrected chi connectivity index (χ1v) is 7.00. The fourth-order valence-corrected chi connectivity index (χ4v) is 2.24. The van der Waals surface area contributed by atoms with E-state index in [4.69, 9.17) is 18.9 Å². The van der Waals surface area contributed by atoms with Gasteiger partial charge < -0.3 is 18.9 Å². The van der Waals surface area contributed by atoms with E-state index >= 15 is 0 Å². The normalized spacial score (nSPS) is 15.2. The van der Waals surface area contributed by atoms with Crippen LogP contribution in [0.5, 0.6) is 11.5 Å². The van der Waals surface area contributed by atoms with E-state index in [1.54, 1.807) is 18.2 Å². The molecule has 7 nitrogen and oxygen atoms in total. The van der Waals surface area contributed by atoms with Crippen LogP contribution in [0.3, 0.4) is 0 Å². The molecule has 0 unspecified atom stereocenters. The summed E-state index contributed by atoms with van der Waals surface area (Å²) in [6.45, 7) is 1.98. The molecule has 0 aromatic heterocycles. The highest BCUT2D eigenvalue weighted by Gasteiger charge is 2.46. The minimum atomic E-state index is -1.25. The van der Waals surface area contributed by atoms with Gasteiger partial charge in [-0.25, -0.2) is 0 Å². The van der Waals surface area contributed by atoms with Crippen LogP contribution in [0, 0.1) is 5.41 Å². The van der Waals surface area contributed by atoms with Gasteiger partial charge in [0.05, 0.1) is 12.7 Å². The zero-order chi connectivity index (χ0) is 17.0. The van der Waals surface area contributed by atoms with Gasteiger partial charge in [0.2, 0.25) is 0 Å². The second kappa shape index (κ2) is 6.68. The van der Waals surface area contributed by atoms with Crippen LogP contribution >= 0.6 is 0 Å². The number of benzene rings is 1. The Bertz CT molecular complexity index is 617. The molecule has 0 atom stereocenters. The molecular weight excluding hydrogens is 304 g/mol. The maximum Gasteiger partial charge on any atom is 0.302 e. The van der Waals surface area contributed by atoms with Crippen LogP contribution in [-0.2, 0) is 19.1 Å². The summed E-state index contributed by atoms with van der Waals surface area (Å²) in [6, 6.07) is 4.81. The third-order valence-corrected chi connectivity index (χ3v) is 3.52. The lowest BCUT2D eigenvalue weighted by atomic mass is 9.80. The quantitative estimate of drug-likeness (QED) is 0.757. The Morgan fingerprint density at radius 2 is 1.78 bits per heavy atom. The monoisotopic (exact) mass is 322 g/mol. The van der Waals surface area contributed by atoms with Crippen molar-refractivity contribution in [2.75, 3.05) is 26.9 Å². The van der Waals surface area contributed by atoms with Crippen LogP contribution in [0.25, 0.3) is 0 Å². The molecule has 1 aliphatic rings. The molecule has 0 saturated carbocycles. The zero-order valence-corrected chi connectivity index (χ0v) is 13.2. The number of ether oxygens (including phenoxy) is 4. The number of fused-ring (bicyclic) bond motifs is 1. The molecule has 0 amide bonds. The van der Waals surface area contributed by atoms with Gasteiger partial charge in [-0.1, -0.05) is 0 Å². The number of ketones is 1. The second-order valence-corrected chi connectivity index (χ2v) is 5.32. The van der Waals surface area contributed by atoms with E-state index in [1.165, 1.54) is 21.0 Å². The third-order valence-electron chi connectivity index (χ3n) is 3.52. The summed E-state index contributed by atoms with van der Waals surface area (Å²) in [7, 11) is 1.51.